The number of nitrogens with one attached hydrogen (secondary N) is 8. The van der Waals surface area contributed by atoms with Crippen LogP contribution in [-0.4, -0.2) is 147 Å². The molecule has 0 bridgehead atoms. The lowest BCUT2D eigenvalue weighted by atomic mass is 10.4. The van der Waals surface area contributed by atoms with E-state index in [2.05, 4.69) is 75.6 Å². The van der Waals surface area contributed by atoms with Gasteiger partial charge >= 0.3 is 18.1 Å². The fourth-order valence-electron chi connectivity index (χ4n) is 4.63. The summed E-state index contributed by atoms with van der Waals surface area (Å²) in [5.41, 5.74) is 11.3. The van der Waals surface area contributed by atoms with Gasteiger partial charge in [0.2, 0.25) is 17.8 Å². The van der Waals surface area contributed by atoms with Crippen molar-refractivity contribution in [2.24, 2.45) is 11.5 Å². The number of H-pyrrole nitrogens is 3. The SMILES string of the molecule is C[N+](C)(CCN)CCN.Cc1cc(=O)[nH]c(NC(=O)NCC[N+](C)(C)CCNC(=O)Nc2nc(C)cc(=O)[nH]2)n1.Cc1cc(=O)[nH]c(NC(=O)n2ccnc2)n1.Cl.[Cl-].[Cl-]. The minimum atomic E-state index is -0.481. The van der Waals surface area contributed by atoms with Gasteiger partial charge in [-0.3, -0.25) is 49.9 Å². The Labute approximate surface area is 359 Å². The number of quaternary nitrogens is 2. The van der Waals surface area contributed by atoms with Gasteiger partial charge in [-0.2, -0.15) is 0 Å². The number of anilines is 3. The topological polar surface area (TPSA) is 318 Å². The molecule has 4 rings (SSSR count). The first-order valence-corrected chi connectivity index (χ1v) is 17.5. The Kier molecular flexibility index (Phi) is 25.8. The quantitative estimate of drug-likeness (QED) is 0.0561. The Morgan fingerprint density at radius 3 is 1.32 bits per heavy atom. The minimum absolute atomic E-state index is 0. The number of urea groups is 2. The number of hydrogen-bond acceptors (Lipinski definition) is 12. The van der Waals surface area contributed by atoms with Gasteiger partial charge in [0.25, 0.3) is 16.7 Å². The van der Waals surface area contributed by atoms with Crippen LogP contribution >= 0.6 is 12.4 Å². The largest absolute Gasteiger partial charge is 1.00 e. The molecule has 0 atom stereocenters. The summed E-state index contributed by atoms with van der Waals surface area (Å²) < 4.78 is 2.70. The molecule has 0 fully saturated rings. The molecule has 59 heavy (non-hydrogen) atoms. The highest BCUT2D eigenvalue weighted by Gasteiger charge is 2.16. The van der Waals surface area contributed by atoms with Crippen molar-refractivity contribution in [2.75, 3.05) is 96.5 Å². The highest BCUT2D eigenvalue weighted by Crippen LogP contribution is 2.00. The maximum absolute atomic E-state index is 12.0. The Balaban J connectivity index is 0. The zero-order valence-electron chi connectivity index (χ0n) is 34.0. The molecule has 330 valence electrons. The van der Waals surface area contributed by atoms with Gasteiger partial charge in [0.1, 0.15) is 6.33 Å². The summed E-state index contributed by atoms with van der Waals surface area (Å²) in [6.07, 6.45) is 4.32. The van der Waals surface area contributed by atoms with Crippen LogP contribution in [0.1, 0.15) is 17.1 Å². The zero-order chi connectivity index (χ0) is 41.9. The number of imidazole rings is 1. The summed E-state index contributed by atoms with van der Waals surface area (Å²) in [7, 11) is 8.19. The third kappa shape index (κ3) is 23.5. The normalized spacial score (nSPS) is 10.3. The van der Waals surface area contributed by atoms with Crippen LogP contribution in [0.3, 0.4) is 0 Å². The summed E-state index contributed by atoms with van der Waals surface area (Å²) in [5, 5.41) is 12.8. The van der Waals surface area contributed by atoms with Crippen molar-refractivity contribution in [1.82, 2.24) is 50.1 Å². The third-order valence-corrected chi connectivity index (χ3v) is 7.51. The Bertz CT molecular complexity index is 1970. The zero-order valence-corrected chi connectivity index (χ0v) is 36.3. The Hall–Kier alpha value is -5.43. The standard InChI is InChI=1S/C18H27N9O4.C9H9N5O2.C6H18N3.3ClH/c1-11-9-13(28)23-15(21-11)25-17(30)19-5-7-27(3,4)8-6-20-18(31)26-16-22-12(2)10-14(29)24-16;1-6-4-7(15)12-8(11-6)13-9(16)14-3-2-10-5-14;1-9(2,5-3-7)6-4-8;;;/h9-10H,5-8H2,1-4H3,(H5-,19,20,21,22,23,24,25,26,28,29,30,31);2-5H,1H3,(H2,11,12,13,15,16);3-8H2,1-2H3;3*1H/q;;+1;;;/p-1. The third-order valence-electron chi connectivity index (χ3n) is 7.51. The summed E-state index contributed by atoms with van der Waals surface area (Å²) >= 11 is 0. The highest BCUT2D eigenvalue weighted by molar-refractivity contribution is 5.89. The molecule has 0 radical (unpaired) electrons. The summed E-state index contributed by atoms with van der Waals surface area (Å²) in [4.78, 5) is 92.4. The number of aromatic amines is 3. The lowest BCUT2D eigenvalue weighted by Gasteiger charge is -2.29. The van der Waals surface area contributed by atoms with Crippen molar-refractivity contribution in [1.29, 1.82) is 0 Å². The maximum atomic E-state index is 12.0. The minimum Gasteiger partial charge on any atom is -1.00 e. The van der Waals surface area contributed by atoms with Crippen LogP contribution in [0.5, 0.6) is 0 Å². The number of hydrogen-bond donors (Lipinski definition) is 10. The molecule has 4 aromatic heterocycles. The van der Waals surface area contributed by atoms with Gasteiger partial charge in [-0.15, -0.1) is 12.4 Å². The van der Waals surface area contributed by atoms with E-state index >= 15 is 0 Å². The molecule has 0 spiro atoms. The van der Waals surface area contributed by atoms with Crippen LogP contribution in [0, 0.1) is 20.8 Å². The molecule has 0 unspecified atom stereocenters. The van der Waals surface area contributed by atoms with E-state index in [0.29, 0.717) is 47.7 Å². The molecule has 26 heteroatoms. The number of nitrogens with two attached hydrogens (primary N) is 2. The first kappa shape index (κ1) is 55.7. The molecular weight excluding hydrogens is 837 g/mol. The second-order valence-corrected chi connectivity index (χ2v) is 13.7. The molecular formula is C33H56Cl3N17O6. The van der Waals surface area contributed by atoms with Gasteiger partial charge in [-0.25, -0.2) is 34.3 Å². The van der Waals surface area contributed by atoms with Crippen molar-refractivity contribution in [3.63, 3.8) is 0 Å². The molecule has 23 nitrogen and oxygen atoms in total. The number of carbonyl (C=O) groups excluding carboxylic acids is 3. The van der Waals surface area contributed by atoms with E-state index < -0.39 is 18.1 Å². The van der Waals surface area contributed by atoms with E-state index in [1.807, 2.05) is 14.1 Å². The van der Waals surface area contributed by atoms with Gasteiger partial charge < -0.3 is 55.9 Å². The first-order valence-electron chi connectivity index (χ1n) is 17.5. The van der Waals surface area contributed by atoms with E-state index in [0.717, 1.165) is 30.7 Å². The predicted octanol–water partition coefficient (Wildman–Crippen LogP) is -6.75. The van der Waals surface area contributed by atoms with E-state index in [9.17, 15) is 28.8 Å². The summed E-state index contributed by atoms with van der Waals surface area (Å²) in [5.74, 6) is 0.274. The average Bonchev–Trinajstić information content (AvgIpc) is 3.59. The lowest BCUT2D eigenvalue weighted by molar-refractivity contribution is -0.887. The summed E-state index contributed by atoms with van der Waals surface area (Å²) in [6.45, 7) is 10.4. The van der Waals surface area contributed by atoms with Gasteiger partial charge in [-0.1, -0.05) is 0 Å². The van der Waals surface area contributed by atoms with E-state index in [1.54, 1.807) is 20.8 Å². The number of aryl methyl sites for hydroxylation is 3. The van der Waals surface area contributed by atoms with Crippen LogP contribution in [0.15, 0.2) is 51.3 Å². The van der Waals surface area contributed by atoms with E-state index in [4.69, 9.17) is 11.5 Å². The number of aromatic nitrogens is 8. The van der Waals surface area contributed by atoms with Crippen molar-refractivity contribution >= 4 is 48.3 Å². The highest BCUT2D eigenvalue weighted by atomic mass is 35.5. The lowest BCUT2D eigenvalue weighted by Crippen LogP contribution is -3.00. The van der Waals surface area contributed by atoms with Gasteiger partial charge in [0.05, 0.1) is 67.5 Å². The molecule has 0 saturated carbocycles. The number of likely N-dealkylation sites (N-methyl/N-ethyl adjacent to an activating group) is 2. The molecule has 0 aromatic carbocycles. The van der Waals surface area contributed by atoms with Crippen molar-refractivity contribution in [3.8, 4) is 0 Å². The molecule has 4 aromatic rings. The van der Waals surface area contributed by atoms with E-state index in [-0.39, 0.29) is 71.7 Å². The van der Waals surface area contributed by atoms with Crippen LogP contribution in [0.4, 0.5) is 32.2 Å². The van der Waals surface area contributed by atoms with Gasteiger partial charge in [0, 0.05) is 60.8 Å². The predicted molar refractivity (Wildman–Crippen MR) is 219 cm³/mol. The Morgan fingerprint density at radius 2 is 1.00 bits per heavy atom. The second kappa shape index (κ2) is 27.3. The molecule has 0 aliphatic carbocycles. The van der Waals surface area contributed by atoms with Crippen molar-refractivity contribution in [3.05, 3.63) is 85.1 Å². The molecule has 5 amide bonds. The average molecular weight is 893 g/mol. The van der Waals surface area contributed by atoms with Crippen LogP contribution < -0.4 is 79.5 Å². The molecule has 0 aliphatic heterocycles. The Morgan fingerprint density at radius 1 is 0.644 bits per heavy atom. The molecule has 0 aliphatic rings. The van der Waals surface area contributed by atoms with Gasteiger partial charge in [-0.05, 0) is 20.8 Å². The van der Waals surface area contributed by atoms with Crippen LogP contribution in [0.2, 0.25) is 0 Å². The summed E-state index contributed by atoms with van der Waals surface area (Å²) in [6, 6.07) is 2.60. The smallest absolute Gasteiger partial charge is 0.333 e. The molecule has 12 N–H and O–H groups in total. The van der Waals surface area contributed by atoms with Crippen LogP contribution in [0.25, 0.3) is 0 Å². The number of carbonyl (C=O) groups is 3. The number of nitrogens with zero attached hydrogens (tertiary/aromatic N) is 7. The van der Waals surface area contributed by atoms with E-state index in [1.165, 1.54) is 41.5 Å². The molecule has 4 heterocycles. The fourth-order valence-corrected chi connectivity index (χ4v) is 4.63. The van der Waals surface area contributed by atoms with Crippen molar-refractivity contribution in [2.45, 2.75) is 20.8 Å². The molecule has 0 saturated heterocycles. The fraction of sp³-hybridized carbons (Fsp3) is 0.455. The van der Waals surface area contributed by atoms with Crippen LogP contribution in [-0.2, 0) is 0 Å². The number of amides is 5. The maximum Gasteiger partial charge on any atom is 0.333 e. The first-order chi connectivity index (χ1) is 26.3. The number of rotatable bonds is 13. The second-order valence-electron chi connectivity index (χ2n) is 13.7. The van der Waals surface area contributed by atoms with Crippen molar-refractivity contribution < 1.29 is 48.2 Å². The van der Waals surface area contributed by atoms with Gasteiger partial charge in [0.15, 0.2) is 0 Å². The monoisotopic (exact) mass is 891 g/mol. The number of halogens is 3.